The zero-order valence-electron chi connectivity index (χ0n) is 9.20. The van der Waals surface area contributed by atoms with Crippen LogP contribution in [0.25, 0.3) is 0 Å². The van der Waals surface area contributed by atoms with Crippen LogP contribution in [0.3, 0.4) is 0 Å². The molecule has 0 saturated carbocycles. The molecule has 0 atom stereocenters. The highest BCUT2D eigenvalue weighted by Gasteiger charge is 1.93. The van der Waals surface area contributed by atoms with E-state index in [1.807, 2.05) is 42.5 Å². The fourth-order valence-corrected chi connectivity index (χ4v) is 1.46. The first kappa shape index (κ1) is 10.3. The quantitative estimate of drug-likeness (QED) is 0.521. The smallest absolute Gasteiger partial charge is 0.0478 e. The van der Waals surface area contributed by atoms with Gasteiger partial charge in [0.15, 0.2) is 0 Å². The molecule has 0 spiro atoms. The van der Waals surface area contributed by atoms with Crippen molar-refractivity contribution < 1.29 is 0 Å². The van der Waals surface area contributed by atoms with Crippen molar-refractivity contribution in [1.82, 2.24) is 0 Å². The second-order valence-corrected chi connectivity index (χ2v) is 3.65. The number of rotatable bonds is 0. The molecule has 0 fully saturated rings. The van der Waals surface area contributed by atoms with Crippen molar-refractivity contribution >= 4 is 5.69 Å². The van der Waals surface area contributed by atoms with E-state index >= 15 is 0 Å². The summed E-state index contributed by atoms with van der Waals surface area (Å²) in [6, 6.07) is 15.7. The van der Waals surface area contributed by atoms with Crippen LogP contribution in [0, 0.1) is 18.8 Å². The van der Waals surface area contributed by atoms with Gasteiger partial charge in [-0.3, -0.25) is 0 Å². The van der Waals surface area contributed by atoms with Crippen LogP contribution < -0.4 is 5.73 Å². The Morgan fingerprint density at radius 2 is 1.38 bits per heavy atom. The summed E-state index contributed by atoms with van der Waals surface area (Å²) >= 11 is 0. The van der Waals surface area contributed by atoms with Gasteiger partial charge in [0.25, 0.3) is 0 Å². The predicted octanol–water partition coefficient (Wildman–Crippen LogP) is 2.98. The Morgan fingerprint density at radius 1 is 0.812 bits per heavy atom. The molecule has 16 heavy (non-hydrogen) atoms. The highest BCUT2D eigenvalue weighted by atomic mass is 14.5. The van der Waals surface area contributed by atoms with E-state index in [9.17, 15) is 0 Å². The van der Waals surface area contributed by atoms with Gasteiger partial charge in [-0.1, -0.05) is 42.2 Å². The molecule has 2 aromatic carbocycles. The molecule has 0 heterocycles. The Kier molecular flexibility index (Phi) is 2.93. The fraction of sp³-hybridized carbons (Fsp3) is 0.0667. The van der Waals surface area contributed by atoms with Gasteiger partial charge < -0.3 is 5.73 Å². The Bertz CT molecular complexity index is 509. The molecule has 0 amide bonds. The highest BCUT2D eigenvalue weighted by Crippen LogP contribution is 2.10. The number of hydrogen-bond donors (Lipinski definition) is 1. The van der Waals surface area contributed by atoms with Gasteiger partial charge in [0, 0.05) is 16.8 Å². The number of nitrogen functional groups attached to an aromatic ring is 1. The summed E-state index contributed by atoms with van der Waals surface area (Å²) in [5, 5.41) is 0. The average molecular weight is 207 g/mol. The third-order valence-corrected chi connectivity index (χ3v) is 2.44. The molecule has 2 aromatic rings. The summed E-state index contributed by atoms with van der Waals surface area (Å²) in [5.74, 6) is 6.24. The van der Waals surface area contributed by atoms with Crippen LogP contribution in [0.1, 0.15) is 16.7 Å². The third-order valence-electron chi connectivity index (χ3n) is 2.44. The van der Waals surface area contributed by atoms with Crippen LogP contribution in [0.15, 0.2) is 48.5 Å². The number of hydrogen-bond acceptors (Lipinski definition) is 1. The molecule has 1 heteroatoms. The van der Waals surface area contributed by atoms with Crippen LogP contribution in [0.5, 0.6) is 0 Å². The number of nitrogens with two attached hydrogens (primary N) is 1. The number of benzene rings is 2. The molecule has 0 aliphatic heterocycles. The highest BCUT2D eigenvalue weighted by molar-refractivity contribution is 5.57. The fourth-order valence-electron chi connectivity index (χ4n) is 1.46. The topological polar surface area (TPSA) is 26.0 Å². The van der Waals surface area contributed by atoms with Crippen molar-refractivity contribution in [2.24, 2.45) is 0 Å². The van der Waals surface area contributed by atoms with Crippen LogP contribution in [-0.4, -0.2) is 0 Å². The van der Waals surface area contributed by atoms with Crippen molar-refractivity contribution in [3.05, 3.63) is 65.2 Å². The monoisotopic (exact) mass is 207 g/mol. The molecular weight excluding hydrogens is 194 g/mol. The number of para-hydroxylation sites is 1. The minimum absolute atomic E-state index is 0.726. The van der Waals surface area contributed by atoms with Gasteiger partial charge in [-0.25, -0.2) is 0 Å². The van der Waals surface area contributed by atoms with Gasteiger partial charge in [0.05, 0.1) is 0 Å². The van der Waals surface area contributed by atoms with E-state index in [0.29, 0.717) is 0 Å². The minimum Gasteiger partial charge on any atom is -0.398 e. The van der Waals surface area contributed by atoms with Crippen LogP contribution >= 0.6 is 0 Å². The Labute approximate surface area is 95.9 Å². The summed E-state index contributed by atoms with van der Waals surface area (Å²) in [6.45, 7) is 2.05. The molecule has 0 radical (unpaired) electrons. The lowest BCUT2D eigenvalue weighted by atomic mass is 10.1. The first-order valence-electron chi connectivity index (χ1n) is 5.19. The van der Waals surface area contributed by atoms with E-state index in [4.69, 9.17) is 5.73 Å². The lowest BCUT2D eigenvalue weighted by Crippen LogP contribution is -1.88. The molecule has 0 aromatic heterocycles. The summed E-state index contributed by atoms with van der Waals surface area (Å²) in [4.78, 5) is 0. The van der Waals surface area contributed by atoms with E-state index in [0.717, 1.165) is 16.8 Å². The van der Waals surface area contributed by atoms with Gasteiger partial charge in [-0.05, 0) is 30.7 Å². The Morgan fingerprint density at radius 3 is 2.06 bits per heavy atom. The molecule has 0 aliphatic rings. The normalized spacial score (nSPS) is 9.31. The molecule has 78 valence electrons. The minimum atomic E-state index is 0.726. The second kappa shape index (κ2) is 4.55. The van der Waals surface area contributed by atoms with Crippen molar-refractivity contribution in [1.29, 1.82) is 0 Å². The molecule has 1 nitrogen and oxygen atoms in total. The van der Waals surface area contributed by atoms with E-state index in [1.54, 1.807) is 0 Å². The standard InChI is InChI=1S/C15H13N/c1-12-6-2-3-7-13(12)10-11-14-8-4-5-9-15(14)16/h2-9H,16H2,1H3. The molecule has 0 unspecified atom stereocenters. The Balaban J connectivity index is 2.36. The maximum absolute atomic E-state index is 5.82. The van der Waals surface area contributed by atoms with E-state index in [1.165, 1.54) is 5.56 Å². The lowest BCUT2D eigenvalue weighted by molar-refractivity contribution is 1.44. The number of aryl methyl sites for hydroxylation is 1. The van der Waals surface area contributed by atoms with Crippen LogP contribution in [0.2, 0.25) is 0 Å². The van der Waals surface area contributed by atoms with Gasteiger partial charge in [-0.2, -0.15) is 0 Å². The molecule has 0 bridgehead atoms. The first-order chi connectivity index (χ1) is 7.77. The van der Waals surface area contributed by atoms with E-state index in [2.05, 4.69) is 24.8 Å². The molecular formula is C15H13N. The molecule has 2 N–H and O–H groups in total. The molecule has 0 saturated heterocycles. The van der Waals surface area contributed by atoms with E-state index < -0.39 is 0 Å². The van der Waals surface area contributed by atoms with Gasteiger partial charge in [0.2, 0.25) is 0 Å². The maximum Gasteiger partial charge on any atom is 0.0478 e. The predicted molar refractivity (Wildman–Crippen MR) is 68.0 cm³/mol. The summed E-state index contributed by atoms with van der Waals surface area (Å²) in [6.07, 6.45) is 0. The molecule has 2 rings (SSSR count). The maximum atomic E-state index is 5.82. The Hall–Kier alpha value is -2.20. The second-order valence-electron chi connectivity index (χ2n) is 3.65. The lowest BCUT2D eigenvalue weighted by Gasteiger charge is -1.97. The summed E-state index contributed by atoms with van der Waals surface area (Å²) in [7, 11) is 0. The van der Waals surface area contributed by atoms with Crippen molar-refractivity contribution in [2.45, 2.75) is 6.92 Å². The average Bonchev–Trinajstić information content (AvgIpc) is 2.30. The largest absolute Gasteiger partial charge is 0.398 e. The van der Waals surface area contributed by atoms with Crippen molar-refractivity contribution in [2.75, 3.05) is 5.73 Å². The van der Waals surface area contributed by atoms with Crippen molar-refractivity contribution in [3.63, 3.8) is 0 Å². The zero-order chi connectivity index (χ0) is 11.4. The van der Waals surface area contributed by atoms with Crippen LogP contribution in [-0.2, 0) is 0 Å². The van der Waals surface area contributed by atoms with E-state index in [-0.39, 0.29) is 0 Å². The SMILES string of the molecule is Cc1ccccc1C#Cc1ccccc1N. The van der Waals surface area contributed by atoms with Gasteiger partial charge in [-0.15, -0.1) is 0 Å². The zero-order valence-corrected chi connectivity index (χ0v) is 9.20. The third kappa shape index (κ3) is 2.24. The summed E-state index contributed by atoms with van der Waals surface area (Å²) in [5.41, 5.74) is 9.66. The van der Waals surface area contributed by atoms with Crippen LogP contribution in [0.4, 0.5) is 5.69 Å². The van der Waals surface area contributed by atoms with Gasteiger partial charge >= 0.3 is 0 Å². The van der Waals surface area contributed by atoms with Gasteiger partial charge in [0.1, 0.15) is 0 Å². The first-order valence-corrected chi connectivity index (χ1v) is 5.19. The molecule has 0 aliphatic carbocycles. The summed E-state index contributed by atoms with van der Waals surface area (Å²) < 4.78 is 0. The van der Waals surface area contributed by atoms with Crippen molar-refractivity contribution in [3.8, 4) is 11.8 Å². The number of anilines is 1.